The monoisotopic (exact) mass is 439 g/mol. The Morgan fingerprint density at radius 1 is 1.10 bits per heavy atom. The molecular weight excluding hydrogens is 406 g/mol. The maximum Gasteiger partial charge on any atom is 0.251 e. The number of nitrogens with zero attached hydrogens (tertiary/aromatic N) is 1. The third-order valence-electron chi connectivity index (χ3n) is 6.43. The van der Waals surface area contributed by atoms with Crippen LogP contribution in [0.1, 0.15) is 54.1 Å². The summed E-state index contributed by atoms with van der Waals surface area (Å²) in [5.41, 5.74) is 11.3. The highest BCUT2D eigenvalue weighted by Crippen LogP contribution is 2.39. The summed E-state index contributed by atoms with van der Waals surface area (Å²) in [5, 5.41) is 2.85. The van der Waals surface area contributed by atoms with Crippen LogP contribution < -0.4 is 11.1 Å². The van der Waals surface area contributed by atoms with E-state index in [1.165, 1.54) is 29.5 Å². The van der Waals surface area contributed by atoms with Crippen molar-refractivity contribution in [3.63, 3.8) is 0 Å². The molecule has 5 heteroatoms. The number of nitrogens with one attached hydrogen (secondary N) is 1. The lowest BCUT2D eigenvalue weighted by Gasteiger charge is -2.37. The van der Waals surface area contributed by atoms with E-state index in [1.807, 2.05) is 19.1 Å². The number of rotatable bonds is 7. The molecule has 2 bridgehead atoms. The van der Waals surface area contributed by atoms with Gasteiger partial charge in [-0.2, -0.15) is 0 Å². The number of fused-ring (bicyclic) bond motifs is 2. The Morgan fingerprint density at radius 2 is 1.74 bits per heavy atom. The number of amides is 1. The number of benzene rings is 2. The fraction of sp³-hybridized carbons (Fsp3) is 0.423. The molecule has 2 saturated heterocycles. The van der Waals surface area contributed by atoms with Crippen molar-refractivity contribution < 1.29 is 4.79 Å². The molecule has 2 fully saturated rings. The molecule has 2 heterocycles. The summed E-state index contributed by atoms with van der Waals surface area (Å²) in [4.78, 5) is 14.6. The van der Waals surface area contributed by atoms with Gasteiger partial charge in [0.05, 0.1) is 0 Å². The Kier molecular flexibility index (Phi) is 8.30. The maximum absolute atomic E-state index is 11.9. The van der Waals surface area contributed by atoms with Crippen molar-refractivity contribution in [3.05, 3.63) is 76.9 Å². The zero-order valence-electron chi connectivity index (χ0n) is 18.3. The van der Waals surface area contributed by atoms with Gasteiger partial charge in [-0.25, -0.2) is 0 Å². The fourth-order valence-electron chi connectivity index (χ4n) is 5.04. The topological polar surface area (TPSA) is 58.4 Å². The molecule has 0 radical (unpaired) electrons. The number of hydrogen-bond donors (Lipinski definition) is 2. The second kappa shape index (κ2) is 10.9. The van der Waals surface area contributed by atoms with Gasteiger partial charge in [0.15, 0.2) is 0 Å². The van der Waals surface area contributed by atoms with Gasteiger partial charge >= 0.3 is 0 Å². The molecule has 4 rings (SSSR count). The molecule has 0 aliphatic carbocycles. The van der Waals surface area contributed by atoms with Crippen LogP contribution in [0.3, 0.4) is 0 Å². The lowest BCUT2D eigenvalue weighted by atomic mass is 9.93. The first-order chi connectivity index (χ1) is 14.6. The molecule has 1 amide bonds. The van der Waals surface area contributed by atoms with Crippen molar-refractivity contribution in [2.45, 2.75) is 57.2 Å². The molecule has 0 spiro atoms. The van der Waals surface area contributed by atoms with Crippen molar-refractivity contribution in [3.8, 4) is 0 Å². The van der Waals surface area contributed by atoms with Crippen molar-refractivity contribution in [2.75, 3.05) is 13.1 Å². The highest BCUT2D eigenvalue weighted by atomic mass is 35.5. The van der Waals surface area contributed by atoms with E-state index in [-0.39, 0.29) is 24.4 Å². The average Bonchev–Trinajstić information content (AvgIpc) is 2.97. The van der Waals surface area contributed by atoms with Crippen molar-refractivity contribution in [1.29, 1.82) is 0 Å². The Bertz CT molecular complexity index is 865. The first-order valence-corrected chi connectivity index (χ1v) is 11.3. The highest BCUT2D eigenvalue weighted by Gasteiger charge is 2.38. The van der Waals surface area contributed by atoms with Gasteiger partial charge in [-0.1, -0.05) is 54.1 Å². The summed E-state index contributed by atoms with van der Waals surface area (Å²) in [5.74, 6) is -0.00472. The van der Waals surface area contributed by atoms with E-state index < -0.39 is 0 Å². The van der Waals surface area contributed by atoms with E-state index in [1.54, 1.807) is 0 Å². The Morgan fingerprint density at radius 3 is 2.35 bits per heavy atom. The molecule has 3 N–H and O–H groups in total. The fourth-order valence-corrected chi connectivity index (χ4v) is 5.04. The van der Waals surface area contributed by atoms with Gasteiger partial charge in [-0.05, 0) is 62.3 Å². The zero-order chi connectivity index (χ0) is 20.9. The van der Waals surface area contributed by atoms with E-state index in [4.69, 9.17) is 5.73 Å². The van der Waals surface area contributed by atoms with Gasteiger partial charge in [-0.15, -0.1) is 12.4 Å². The van der Waals surface area contributed by atoms with E-state index in [2.05, 4.69) is 58.8 Å². The van der Waals surface area contributed by atoms with Crippen molar-refractivity contribution >= 4 is 24.4 Å². The van der Waals surface area contributed by atoms with Crippen LogP contribution >= 0.6 is 12.4 Å². The molecule has 0 aromatic heterocycles. The standard InChI is InChI=1S/C26H33N3O.ClH/c1-2-28-26(30)22-10-8-20(9-11-22)14-21-16-24-12-13-25(17-21)29(24)18-23(27)15-19-6-4-3-5-7-19;/h3-11,14,23-25H,2,12-13,15-18,27H2,1H3,(H,28,30);1H. The molecule has 4 nitrogen and oxygen atoms in total. The van der Waals surface area contributed by atoms with Crippen LogP contribution in [0.5, 0.6) is 0 Å². The number of piperidine rings is 1. The minimum atomic E-state index is -0.00472. The summed E-state index contributed by atoms with van der Waals surface area (Å²) in [6.45, 7) is 3.57. The SMILES string of the molecule is CCNC(=O)c1ccc(C=C2CC3CCC(C2)N3CC(N)Cc2ccccc2)cc1.Cl. The molecule has 2 aromatic carbocycles. The highest BCUT2D eigenvalue weighted by molar-refractivity contribution is 5.94. The molecular formula is C26H34ClN3O. The lowest BCUT2D eigenvalue weighted by Crippen LogP contribution is -2.47. The molecule has 2 aromatic rings. The zero-order valence-corrected chi connectivity index (χ0v) is 19.1. The first-order valence-electron chi connectivity index (χ1n) is 11.3. The van der Waals surface area contributed by atoms with Crippen LogP contribution in [0.2, 0.25) is 0 Å². The van der Waals surface area contributed by atoms with Crippen molar-refractivity contribution in [1.82, 2.24) is 10.2 Å². The van der Waals surface area contributed by atoms with E-state index in [0.29, 0.717) is 18.6 Å². The largest absolute Gasteiger partial charge is 0.352 e. The van der Waals surface area contributed by atoms with Crippen LogP contribution in [0.4, 0.5) is 0 Å². The van der Waals surface area contributed by atoms with Crippen LogP contribution in [-0.2, 0) is 6.42 Å². The third-order valence-corrected chi connectivity index (χ3v) is 6.43. The van der Waals surface area contributed by atoms with Crippen LogP contribution in [-0.4, -0.2) is 42.0 Å². The van der Waals surface area contributed by atoms with E-state index >= 15 is 0 Å². The molecule has 166 valence electrons. The smallest absolute Gasteiger partial charge is 0.251 e. The predicted octanol–water partition coefficient (Wildman–Crippen LogP) is 4.44. The second-order valence-electron chi connectivity index (χ2n) is 8.72. The first kappa shape index (κ1) is 23.5. The van der Waals surface area contributed by atoms with Gasteiger partial charge in [0, 0.05) is 36.8 Å². The molecule has 2 aliphatic rings. The molecule has 2 aliphatic heterocycles. The molecule has 0 saturated carbocycles. The quantitative estimate of drug-likeness (QED) is 0.670. The summed E-state index contributed by atoms with van der Waals surface area (Å²) in [7, 11) is 0. The third kappa shape index (κ3) is 5.97. The Balaban J connectivity index is 0.00000272. The summed E-state index contributed by atoms with van der Waals surface area (Å²) >= 11 is 0. The maximum atomic E-state index is 11.9. The summed E-state index contributed by atoms with van der Waals surface area (Å²) in [6.07, 6.45) is 8.08. The van der Waals surface area contributed by atoms with Gasteiger partial charge in [-0.3, -0.25) is 9.69 Å². The minimum absolute atomic E-state index is 0. The minimum Gasteiger partial charge on any atom is -0.352 e. The van der Waals surface area contributed by atoms with Gasteiger partial charge in [0.1, 0.15) is 0 Å². The molecule has 3 unspecified atom stereocenters. The molecule has 3 atom stereocenters. The van der Waals surface area contributed by atoms with Crippen LogP contribution in [0.15, 0.2) is 60.2 Å². The summed E-state index contributed by atoms with van der Waals surface area (Å²) in [6, 6.07) is 19.9. The molecule has 31 heavy (non-hydrogen) atoms. The van der Waals surface area contributed by atoms with Crippen molar-refractivity contribution in [2.24, 2.45) is 5.73 Å². The van der Waals surface area contributed by atoms with Crippen LogP contribution in [0.25, 0.3) is 6.08 Å². The van der Waals surface area contributed by atoms with E-state index in [0.717, 1.165) is 31.4 Å². The number of nitrogens with two attached hydrogens (primary N) is 1. The average molecular weight is 440 g/mol. The lowest BCUT2D eigenvalue weighted by molar-refractivity contribution is 0.0956. The Labute approximate surface area is 192 Å². The second-order valence-corrected chi connectivity index (χ2v) is 8.72. The number of carbonyl (C=O) groups is 1. The van der Waals surface area contributed by atoms with Gasteiger partial charge in [0.2, 0.25) is 0 Å². The normalized spacial score (nSPS) is 21.3. The number of carbonyl (C=O) groups excluding carboxylic acids is 1. The van der Waals surface area contributed by atoms with Gasteiger partial charge in [0.25, 0.3) is 5.91 Å². The van der Waals surface area contributed by atoms with E-state index in [9.17, 15) is 4.79 Å². The predicted molar refractivity (Wildman–Crippen MR) is 131 cm³/mol. The number of hydrogen-bond acceptors (Lipinski definition) is 3. The summed E-state index contributed by atoms with van der Waals surface area (Å²) < 4.78 is 0. The Hall–Kier alpha value is -2.14. The number of halogens is 1. The van der Waals surface area contributed by atoms with Crippen LogP contribution in [0, 0.1) is 0 Å². The van der Waals surface area contributed by atoms with Gasteiger partial charge < -0.3 is 11.1 Å².